The lowest BCUT2D eigenvalue weighted by Crippen LogP contribution is -2.10. The van der Waals surface area contributed by atoms with E-state index in [4.69, 9.17) is 0 Å². The maximum absolute atomic E-state index is 2.36. The van der Waals surface area contributed by atoms with Crippen LogP contribution in [0.2, 0.25) is 0 Å². The molecule has 0 spiro atoms. The van der Waals surface area contributed by atoms with Crippen LogP contribution in [0.15, 0.2) is 315 Å². The fraction of sp³-hybridized carbons (Fsp3) is 0. The number of nitrogens with zero attached hydrogens (tertiary/aromatic N) is 2. The third kappa shape index (κ3) is 9.21. The second-order valence-corrected chi connectivity index (χ2v) is 19.3. The Morgan fingerprint density at radius 1 is 0.158 bits per heavy atom. The lowest BCUT2D eigenvalue weighted by Gasteiger charge is -2.27. The highest BCUT2D eigenvalue weighted by atomic mass is 15.1. The minimum atomic E-state index is 1.08. The minimum absolute atomic E-state index is 1.08. The summed E-state index contributed by atoms with van der Waals surface area (Å²) in [6.07, 6.45) is 0. The highest BCUT2D eigenvalue weighted by Crippen LogP contribution is 2.42. The molecule has 358 valence electrons. The van der Waals surface area contributed by atoms with Gasteiger partial charge in [-0.05, 0) is 167 Å². The molecule has 13 aromatic rings. The zero-order valence-corrected chi connectivity index (χ0v) is 41.9. The van der Waals surface area contributed by atoms with Gasteiger partial charge in [0.15, 0.2) is 0 Å². The van der Waals surface area contributed by atoms with E-state index in [-0.39, 0.29) is 0 Å². The molecule has 0 aromatic heterocycles. The summed E-state index contributed by atoms with van der Waals surface area (Å²) in [5, 5.41) is 4.99. The van der Waals surface area contributed by atoms with Crippen molar-refractivity contribution in [1.29, 1.82) is 0 Å². The molecule has 0 atom stereocenters. The molecule has 0 fully saturated rings. The van der Waals surface area contributed by atoms with Gasteiger partial charge in [0.25, 0.3) is 0 Å². The van der Waals surface area contributed by atoms with Gasteiger partial charge < -0.3 is 9.80 Å². The monoisotopic (exact) mass is 968 g/mol. The van der Waals surface area contributed by atoms with E-state index in [2.05, 4.69) is 325 Å². The number of hydrogen-bond acceptors (Lipinski definition) is 2. The van der Waals surface area contributed by atoms with E-state index in [0.29, 0.717) is 0 Å². The average Bonchev–Trinajstić information content (AvgIpc) is 3.51. The van der Waals surface area contributed by atoms with Gasteiger partial charge in [0.1, 0.15) is 0 Å². The van der Waals surface area contributed by atoms with Crippen molar-refractivity contribution in [2.45, 2.75) is 0 Å². The van der Waals surface area contributed by atoms with E-state index in [1.807, 2.05) is 0 Å². The molecule has 0 radical (unpaired) electrons. The Morgan fingerprint density at radius 2 is 0.395 bits per heavy atom. The smallest absolute Gasteiger partial charge is 0.0462 e. The summed E-state index contributed by atoms with van der Waals surface area (Å²) < 4.78 is 0. The summed E-state index contributed by atoms with van der Waals surface area (Å²) in [4.78, 5) is 4.71. The standard InChI is InChI=1S/C74H52N2/c1-3-14-53(15-4-1)55-28-40-65(41-29-55)75(68-46-34-58(35-47-68)64-23-11-22-63(52-64)54-16-5-2-6-17-54)66-42-30-56(31-43-66)57-32-44-67(45-33-57)76(69-48-36-61(37-49-69)73-26-12-20-59-18-7-9-24-71(59)73)70-50-38-62(39-51-70)74-27-13-21-60-19-8-10-25-72(60)74/h1-52H. The lowest BCUT2D eigenvalue weighted by molar-refractivity contribution is 1.28. The molecule has 0 saturated carbocycles. The maximum Gasteiger partial charge on any atom is 0.0462 e. The molecule has 0 aliphatic rings. The van der Waals surface area contributed by atoms with E-state index in [0.717, 1.165) is 45.3 Å². The Bertz CT molecular complexity index is 3960. The first-order valence-corrected chi connectivity index (χ1v) is 26.1. The van der Waals surface area contributed by atoms with Crippen molar-refractivity contribution >= 4 is 55.7 Å². The zero-order valence-electron chi connectivity index (χ0n) is 41.9. The molecule has 0 amide bonds. The molecule has 0 N–H and O–H groups in total. The van der Waals surface area contributed by atoms with E-state index in [1.165, 1.54) is 77.2 Å². The molecule has 2 nitrogen and oxygen atoms in total. The maximum atomic E-state index is 2.36. The first kappa shape index (κ1) is 45.8. The topological polar surface area (TPSA) is 6.48 Å². The number of fused-ring (bicyclic) bond motifs is 2. The molecular formula is C74H52N2. The first-order valence-electron chi connectivity index (χ1n) is 26.1. The predicted molar refractivity (Wildman–Crippen MR) is 323 cm³/mol. The summed E-state index contributed by atoms with van der Waals surface area (Å²) in [6.45, 7) is 0. The van der Waals surface area contributed by atoms with Gasteiger partial charge >= 0.3 is 0 Å². The van der Waals surface area contributed by atoms with Gasteiger partial charge in [0, 0.05) is 34.1 Å². The largest absolute Gasteiger partial charge is 0.311 e. The van der Waals surface area contributed by atoms with Gasteiger partial charge in [-0.1, -0.05) is 237 Å². The summed E-state index contributed by atoms with van der Waals surface area (Å²) >= 11 is 0. The van der Waals surface area contributed by atoms with E-state index >= 15 is 0 Å². The third-order valence-corrected chi connectivity index (χ3v) is 14.7. The number of benzene rings is 13. The lowest BCUT2D eigenvalue weighted by atomic mass is 9.97. The highest BCUT2D eigenvalue weighted by Gasteiger charge is 2.17. The van der Waals surface area contributed by atoms with Crippen LogP contribution in [0.3, 0.4) is 0 Å². The fourth-order valence-corrected chi connectivity index (χ4v) is 10.8. The number of rotatable bonds is 12. The SMILES string of the molecule is c1ccc(-c2ccc(N(c3ccc(-c4ccc(N(c5ccc(-c6cccc7ccccc67)cc5)c5ccc(-c6cccc7ccccc67)cc5)cc4)cc3)c3ccc(-c4cccc(-c5ccccc5)c4)cc3)cc2)cc1. The Labute approximate surface area is 445 Å². The molecule has 0 saturated heterocycles. The van der Waals surface area contributed by atoms with Crippen LogP contribution in [0.25, 0.3) is 88.3 Å². The Balaban J connectivity index is 0.824. The minimum Gasteiger partial charge on any atom is -0.311 e. The molecule has 13 aromatic carbocycles. The first-order chi connectivity index (χ1) is 37.7. The Morgan fingerprint density at radius 3 is 0.750 bits per heavy atom. The second-order valence-electron chi connectivity index (χ2n) is 19.3. The highest BCUT2D eigenvalue weighted by molar-refractivity contribution is 5.98. The van der Waals surface area contributed by atoms with E-state index in [1.54, 1.807) is 0 Å². The average molecular weight is 969 g/mol. The summed E-state index contributed by atoms with van der Waals surface area (Å²) in [6, 6.07) is 114. The van der Waals surface area contributed by atoms with Crippen LogP contribution < -0.4 is 9.80 Å². The van der Waals surface area contributed by atoms with Gasteiger partial charge in [0.05, 0.1) is 0 Å². The van der Waals surface area contributed by atoms with Gasteiger partial charge in [-0.15, -0.1) is 0 Å². The summed E-state index contributed by atoms with van der Waals surface area (Å²) in [5.41, 5.74) is 20.8. The van der Waals surface area contributed by atoms with Crippen LogP contribution in [0.1, 0.15) is 0 Å². The Hall–Kier alpha value is -10.0. The van der Waals surface area contributed by atoms with Gasteiger partial charge in [-0.3, -0.25) is 0 Å². The summed E-state index contributed by atoms with van der Waals surface area (Å²) in [7, 11) is 0. The molecule has 0 aliphatic heterocycles. The van der Waals surface area contributed by atoms with Crippen LogP contribution in [0.5, 0.6) is 0 Å². The molecule has 76 heavy (non-hydrogen) atoms. The normalized spacial score (nSPS) is 11.2. The van der Waals surface area contributed by atoms with Gasteiger partial charge in [-0.25, -0.2) is 0 Å². The van der Waals surface area contributed by atoms with E-state index < -0.39 is 0 Å². The quantitative estimate of drug-likeness (QED) is 0.120. The van der Waals surface area contributed by atoms with Crippen molar-refractivity contribution in [3.05, 3.63) is 315 Å². The van der Waals surface area contributed by atoms with Crippen molar-refractivity contribution in [2.75, 3.05) is 9.80 Å². The van der Waals surface area contributed by atoms with Crippen molar-refractivity contribution in [2.24, 2.45) is 0 Å². The molecule has 13 rings (SSSR count). The van der Waals surface area contributed by atoms with Crippen LogP contribution in [0.4, 0.5) is 34.1 Å². The van der Waals surface area contributed by atoms with Crippen molar-refractivity contribution in [1.82, 2.24) is 0 Å². The Kier molecular flexibility index (Phi) is 12.3. The second kappa shape index (κ2) is 20.5. The van der Waals surface area contributed by atoms with Crippen molar-refractivity contribution < 1.29 is 0 Å². The van der Waals surface area contributed by atoms with Crippen LogP contribution >= 0.6 is 0 Å². The van der Waals surface area contributed by atoms with Gasteiger partial charge in [-0.2, -0.15) is 0 Å². The molecule has 2 heteroatoms. The van der Waals surface area contributed by atoms with Gasteiger partial charge in [0.2, 0.25) is 0 Å². The molecule has 0 aliphatic carbocycles. The van der Waals surface area contributed by atoms with Crippen molar-refractivity contribution in [3.8, 4) is 66.8 Å². The third-order valence-electron chi connectivity index (χ3n) is 14.7. The zero-order chi connectivity index (χ0) is 50.6. The molecular weight excluding hydrogens is 917 g/mol. The molecule has 0 heterocycles. The number of anilines is 6. The van der Waals surface area contributed by atoms with Crippen molar-refractivity contribution in [3.63, 3.8) is 0 Å². The van der Waals surface area contributed by atoms with E-state index in [9.17, 15) is 0 Å². The predicted octanol–water partition coefficient (Wildman–Crippen LogP) is 20.9. The summed E-state index contributed by atoms with van der Waals surface area (Å²) in [5.74, 6) is 0. The van der Waals surface area contributed by atoms with Crippen LogP contribution in [-0.4, -0.2) is 0 Å². The van der Waals surface area contributed by atoms with Crippen LogP contribution in [0, 0.1) is 0 Å². The van der Waals surface area contributed by atoms with Crippen LogP contribution in [-0.2, 0) is 0 Å². The molecule has 0 bridgehead atoms. The fourth-order valence-electron chi connectivity index (χ4n) is 10.8. The number of hydrogen-bond donors (Lipinski definition) is 0. The molecule has 0 unspecified atom stereocenters.